The highest BCUT2D eigenvalue weighted by atomic mass is 16.6. The van der Waals surface area contributed by atoms with E-state index in [0.29, 0.717) is 13.0 Å². The molecule has 2 amide bonds. The number of carbonyl (C=O) groups is 2. The molecule has 1 aromatic heterocycles. The van der Waals surface area contributed by atoms with Crippen LogP contribution in [-0.4, -0.2) is 35.2 Å². The molecule has 0 unspecified atom stereocenters. The van der Waals surface area contributed by atoms with Crippen LogP contribution in [0.5, 0.6) is 0 Å². The number of pyridine rings is 1. The molecule has 1 aliphatic rings. The van der Waals surface area contributed by atoms with E-state index < -0.39 is 17.7 Å². The molecule has 0 radical (unpaired) electrons. The Morgan fingerprint density at radius 1 is 1.40 bits per heavy atom. The first-order valence-corrected chi connectivity index (χ1v) is 6.58. The number of nitrogens with zero attached hydrogens (tertiary/aromatic N) is 2. The monoisotopic (exact) mass is 277 g/mol. The van der Waals surface area contributed by atoms with Crippen LogP contribution in [-0.2, 0) is 9.53 Å². The molecule has 1 N–H and O–H groups in total. The van der Waals surface area contributed by atoms with E-state index in [1.807, 2.05) is 0 Å². The molecule has 108 valence electrons. The molecule has 1 atom stereocenters. The highest BCUT2D eigenvalue weighted by Crippen LogP contribution is 2.20. The van der Waals surface area contributed by atoms with Gasteiger partial charge in [0.15, 0.2) is 0 Å². The van der Waals surface area contributed by atoms with Crippen LogP contribution in [0.15, 0.2) is 24.5 Å². The second-order valence-electron chi connectivity index (χ2n) is 5.68. The SMILES string of the molecule is CC(C)(C)OC(=O)N[C@H]1CCN(c2ccncc2)C1=O. The number of alkyl carbamates (subject to hydrolysis) is 1. The maximum Gasteiger partial charge on any atom is 0.408 e. The summed E-state index contributed by atoms with van der Waals surface area (Å²) in [7, 11) is 0. The minimum atomic E-state index is -0.573. The van der Waals surface area contributed by atoms with Crippen molar-refractivity contribution in [3.05, 3.63) is 24.5 Å². The van der Waals surface area contributed by atoms with Crippen molar-refractivity contribution in [2.75, 3.05) is 11.4 Å². The maximum absolute atomic E-state index is 12.2. The van der Waals surface area contributed by atoms with Gasteiger partial charge in [0.05, 0.1) is 0 Å². The molecule has 2 heterocycles. The van der Waals surface area contributed by atoms with Crippen LogP contribution in [0, 0.1) is 0 Å². The zero-order valence-electron chi connectivity index (χ0n) is 11.9. The van der Waals surface area contributed by atoms with E-state index in [2.05, 4.69) is 10.3 Å². The van der Waals surface area contributed by atoms with Gasteiger partial charge >= 0.3 is 6.09 Å². The number of carbonyl (C=O) groups excluding carboxylic acids is 2. The molecular formula is C14H19N3O3. The topological polar surface area (TPSA) is 71.5 Å². The molecule has 20 heavy (non-hydrogen) atoms. The number of amides is 2. The first kappa shape index (κ1) is 14.3. The predicted octanol–water partition coefficient (Wildman–Crippen LogP) is 1.71. The predicted molar refractivity (Wildman–Crippen MR) is 74.4 cm³/mol. The number of hydrogen-bond acceptors (Lipinski definition) is 4. The van der Waals surface area contributed by atoms with Gasteiger partial charge in [0.1, 0.15) is 11.6 Å². The van der Waals surface area contributed by atoms with Gasteiger partial charge in [0, 0.05) is 24.6 Å². The molecule has 0 aromatic carbocycles. The van der Waals surface area contributed by atoms with E-state index in [-0.39, 0.29) is 5.91 Å². The smallest absolute Gasteiger partial charge is 0.408 e. The molecule has 0 spiro atoms. The molecule has 1 fully saturated rings. The first-order chi connectivity index (χ1) is 9.37. The van der Waals surface area contributed by atoms with Crippen LogP contribution >= 0.6 is 0 Å². The van der Waals surface area contributed by atoms with Crippen LogP contribution in [0.2, 0.25) is 0 Å². The average molecular weight is 277 g/mol. The zero-order chi connectivity index (χ0) is 14.8. The highest BCUT2D eigenvalue weighted by Gasteiger charge is 2.34. The summed E-state index contributed by atoms with van der Waals surface area (Å²) < 4.78 is 5.16. The lowest BCUT2D eigenvalue weighted by Gasteiger charge is -2.21. The summed E-state index contributed by atoms with van der Waals surface area (Å²) in [6.07, 6.45) is 3.28. The van der Waals surface area contributed by atoms with Gasteiger partial charge in [-0.25, -0.2) is 4.79 Å². The van der Waals surface area contributed by atoms with Crippen LogP contribution in [0.1, 0.15) is 27.2 Å². The Labute approximate surface area is 118 Å². The fourth-order valence-corrected chi connectivity index (χ4v) is 2.04. The molecule has 1 aromatic rings. The van der Waals surface area contributed by atoms with Gasteiger partial charge in [0.25, 0.3) is 0 Å². The van der Waals surface area contributed by atoms with Crippen molar-refractivity contribution in [2.24, 2.45) is 0 Å². The lowest BCUT2D eigenvalue weighted by Crippen LogP contribution is -2.43. The number of ether oxygens (including phenoxy) is 1. The number of hydrogen-bond donors (Lipinski definition) is 1. The van der Waals surface area contributed by atoms with Crippen LogP contribution in [0.4, 0.5) is 10.5 Å². The second kappa shape index (κ2) is 5.48. The van der Waals surface area contributed by atoms with Crippen molar-refractivity contribution >= 4 is 17.7 Å². The second-order valence-corrected chi connectivity index (χ2v) is 5.68. The van der Waals surface area contributed by atoms with E-state index in [9.17, 15) is 9.59 Å². The fraction of sp³-hybridized carbons (Fsp3) is 0.500. The van der Waals surface area contributed by atoms with Gasteiger partial charge in [0.2, 0.25) is 5.91 Å². The molecule has 6 heteroatoms. The minimum absolute atomic E-state index is 0.123. The number of nitrogens with one attached hydrogen (secondary N) is 1. The van der Waals surface area contributed by atoms with Gasteiger partial charge in [-0.1, -0.05) is 0 Å². The summed E-state index contributed by atoms with van der Waals surface area (Å²) in [5.41, 5.74) is 0.217. The molecule has 1 aliphatic heterocycles. The van der Waals surface area contributed by atoms with Crippen molar-refractivity contribution < 1.29 is 14.3 Å². The lowest BCUT2D eigenvalue weighted by atomic mass is 10.2. The molecule has 1 saturated heterocycles. The summed E-state index contributed by atoms with van der Waals surface area (Å²) in [6, 6.07) is 3.01. The number of anilines is 1. The van der Waals surface area contributed by atoms with Crippen LogP contribution < -0.4 is 10.2 Å². The van der Waals surface area contributed by atoms with E-state index in [4.69, 9.17) is 4.74 Å². The summed E-state index contributed by atoms with van der Waals surface area (Å²) >= 11 is 0. The van der Waals surface area contributed by atoms with Crippen LogP contribution in [0.3, 0.4) is 0 Å². The number of rotatable bonds is 2. The van der Waals surface area contributed by atoms with E-state index in [0.717, 1.165) is 5.69 Å². The first-order valence-electron chi connectivity index (χ1n) is 6.58. The third-order valence-corrected chi connectivity index (χ3v) is 2.87. The minimum Gasteiger partial charge on any atom is -0.444 e. The maximum atomic E-state index is 12.2. The fourth-order valence-electron chi connectivity index (χ4n) is 2.04. The quantitative estimate of drug-likeness (QED) is 0.893. The molecule has 2 rings (SSSR count). The molecule has 6 nitrogen and oxygen atoms in total. The average Bonchev–Trinajstić information content (AvgIpc) is 2.70. The third-order valence-electron chi connectivity index (χ3n) is 2.87. The van der Waals surface area contributed by atoms with Gasteiger partial charge in [-0.05, 0) is 39.3 Å². The Bertz CT molecular complexity index is 496. The Hall–Kier alpha value is -2.11. The summed E-state index contributed by atoms with van der Waals surface area (Å²) in [4.78, 5) is 29.5. The Morgan fingerprint density at radius 2 is 2.05 bits per heavy atom. The van der Waals surface area contributed by atoms with Crippen molar-refractivity contribution in [3.63, 3.8) is 0 Å². The highest BCUT2D eigenvalue weighted by molar-refractivity contribution is 6.00. The summed E-state index contributed by atoms with van der Waals surface area (Å²) in [5.74, 6) is -0.123. The third kappa shape index (κ3) is 3.46. The van der Waals surface area contributed by atoms with Gasteiger partial charge in [-0.15, -0.1) is 0 Å². The van der Waals surface area contributed by atoms with Crippen molar-refractivity contribution in [3.8, 4) is 0 Å². The van der Waals surface area contributed by atoms with Crippen LogP contribution in [0.25, 0.3) is 0 Å². The van der Waals surface area contributed by atoms with Gasteiger partial charge in [-0.3, -0.25) is 9.78 Å². The van der Waals surface area contributed by atoms with Crippen molar-refractivity contribution in [1.82, 2.24) is 10.3 Å². The standard InChI is InChI=1S/C14H19N3O3/c1-14(2,3)20-13(19)16-11-6-9-17(12(11)18)10-4-7-15-8-5-10/h4-5,7-8,11H,6,9H2,1-3H3,(H,16,19)/t11-/m0/s1. The number of aromatic nitrogens is 1. The molecule has 0 aliphatic carbocycles. The van der Waals surface area contributed by atoms with E-state index >= 15 is 0 Å². The molecule has 0 saturated carbocycles. The summed E-state index contributed by atoms with van der Waals surface area (Å²) in [5, 5.41) is 2.62. The van der Waals surface area contributed by atoms with Gasteiger partial charge < -0.3 is 15.0 Å². The lowest BCUT2D eigenvalue weighted by molar-refractivity contribution is -0.118. The molecule has 0 bridgehead atoms. The normalized spacial score (nSPS) is 19.1. The van der Waals surface area contributed by atoms with E-state index in [1.54, 1.807) is 50.2 Å². The zero-order valence-corrected chi connectivity index (χ0v) is 11.9. The molecular weight excluding hydrogens is 258 g/mol. The largest absolute Gasteiger partial charge is 0.444 e. The Kier molecular flexibility index (Phi) is 3.92. The summed E-state index contributed by atoms with van der Waals surface area (Å²) in [6.45, 7) is 5.92. The van der Waals surface area contributed by atoms with Crippen molar-refractivity contribution in [2.45, 2.75) is 38.8 Å². The Balaban J connectivity index is 1.97. The van der Waals surface area contributed by atoms with E-state index in [1.165, 1.54) is 0 Å². The van der Waals surface area contributed by atoms with Gasteiger partial charge in [-0.2, -0.15) is 0 Å². The Morgan fingerprint density at radius 3 is 2.65 bits per heavy atom. The van der Waals surface area contributed by atoms with Crippen molar-refractivity contribution in [1.29, 1.82) is 0 Å².